The summed E-state index contributed by atoms with van der Waals surface area (Å²) in [7, 11) is 3.73. The Kier molecular flexibility index (Phi) is 4.63. The fraction of sp³-hybridized carbons (Fsp3) is 0.538. The molecule has 0 aliphatic carbocycles. The number of rotatable bonds is 5. The molecule has 0 aliphatic heterocycles. The van der Waals surface area contributed by atoms with E-state index in [4.69, 9.17) is 4.74 Å². The molecule has 15 heavy (non-hydrogen) atoms. The van der Waals surface area contributed by atoms with Gasteiger partial charge in [-0.15, -0.1) is 0 Å². The molecule has 0 amide bonds. The van der Waals surface area contributed by atoms with Gasteiger partial charge >= 0.3 is 0 Å². The van der Waals surface area contributed by atoms with E-state index in [9.17, 15) is 0 Å². The van der Waals surface area contributed by atoms with Crippen LogP contribution in [0.25, 0.3) is 0 Å². The van der Waals surface area contributed by atoms with E-state index in [1.54, 1.807) is 7.11 Å². The van der Waals surface area contributed by atoms with Gasteiger partial charge in [0, 0.05) is 6.04 Å². The summed E-state index contributed by atoms with van der Waals surface area (Å²) in [5.41, 5.74) is 2.60. The van der Waals surface area contributed by atoms with Gasteiger partial charge in [-0.1, -0.05) is 17.7 Å². The van der Waals surface area contributed by atoms with E-state index in [0.717, 1.165) is 18.6 Å². The van der Waals surface area contributed by atoms with Gasteiger partial charge in [0.05, 0.1) is 7.11 Å². The number of benzene rings is 1. The van der Waals surface area contributed by atoms with Gasteiger partial charge in [0.15, 0.2) is 0 Å². The van der Waals surface area contributed by atoms with Gasteiger partial charge < -0.3 is 10.1 Å². The Balaban J connectivity index is 2.69. The quantitative estimate of drug-likeness (QED) is 0.801. The lowest BCUT2D eigenvalue weighted by Crippen LogP contribution is -2.21. The first kappa shape index (κ1) is 12.1. The Hall–Kier alpha value is -1.02. The topological polar surface area (TPSA) is 21.3 Å². The third-order valence-electron chi connectivity index (χ3n) is 2.78. The number of ether oxygens (including phenoxy) is 1. The van der Waals surface area contributed by atoms with Crippen LogP contribution in [0.2, 0.25) is 0 Å². The zero-order valence-electron chi connectivity index (χ0n) is 10.1. The molecule has 2 heteroatoms. The molecule has 1 unspecified atom stereocenters. The summed E-state index contributed by atoms with van der Waals surface area (Å²) in [6.45, 7) is 4.31. The molecule has 0 spiro atoms. The zero-order chi connectivity index (χ0) is 11.3. The molecule has 1 aromatic carbocycles. The van der Waals surface area contributed by atoms with E-state index in [-0.39, 0.29) is 0 Å². The molecule has 1 N–H and O–H groups in total. The molecule has 0 radical (unpaired) electrons. The minimum Gasteiger partial charge on any atom is -0.496 e. The fourth-order valence-corrected chi connectivity index (χ4v) is 1.62. The summed E-state index contributed by atoms with van der Waals surface area (Å²) in [5.74, 6) is 1.00. The van der Waals surface area contributed by atoms with Crippen LogP contribution in [0.15, 0.2) is 18.2 Å². The van der Waals surface area contributed by atoms with E-state index in [2.05, 4.69) is 37.4 Å². The molecule has 1 rings (SSSR count). The van der Waals surface area contributed by atoms with Crippen molar-refractivity contribution >= 4 is 0 Å². The van der Waals surface area contributed by atoms with Gasteiger partial charge in [-0.05, 0) is 45.4 Å². The van der Waals surface area contributed by atoms with Gasteiger partial charge in [-0.2, -0.15) is 0 Å². The molecule has 0 heterocycles. The average molecular weight is 207 g/mol. The summed E-state index contributed by atoms with van der Waals surface area (Å²) < 4.78 is 5.35. The predicted octanol–water partition coefficient (Wildman–Crippen LogP) is 2.54. The van der Waals surface area contributed by atoms with Crippen molar-refractivity contribution in [2.24, 2.45) is 0 Å². The van der Waals surface area contributed by atoms with Crippen molar-refractivity contribution in [1.29, 1.82) is 0 Å². The number of nitrogens with one attached hydrogen (secondary N) is 1. The highest BCUT2D eigenvalue weighted by molar-refractivity contribution is 5.36. The lowest BCUT2D eigenvalue weighted by Gasteiger charge is -2.12. The molecule has 0 aliphatic rings. The van der Waals surface area contributed by atoms with Gasteiger partial charge in [-0.25, -0.2) is 0 Å². The van der Waals surface area contributed by atoms with E-state index in [1.165, 1.54) is 11.1 Å². The second-order valence-electron chi connectivity index (χ2n) is 4.04. The largest absolute Gasteiger partial charge is 0.496 e. The lowest BCUT2D eigenvalue weighted by molar-refractivity contribution is 0.407. The van der Waals surface area contributed by atoms with Crippen molar-refractivity contribution in [1.82, 2.24) is 5.32 Å². The van der Waals surface area contributed by atoms with Gasteiger partial charge in [0.25, 0.3) is 0 Å². The van der Waals surface area contributed by atoms with Crippen LogP contribution in [0.3, 0.4) is 0 Å². The molecular formula is C13H21NO. The summed E-state index contributed by atoms with van der Waals surface area (Å²) in [6, 6.07) is 6.90. The van der Waals surface area contributed by atoms with Crippen LogP contribution in [0.5, 0.6) is 5.75 Å². The van der Waals surface area contributed by atoms with Crippen molar-refractivity contribution < 1.29 is 4.74 Å². The smallest absolute Gasteiger partial charge is 0.122 e. The second-order valence-corrected chi connectivity index (χ2v) is 4.04. The molecule has 2 nitrogen and oxygen atoms in total. The number of hydrogen-bond acceptors (Lipinski definition) is 2. The van der Waals surface area contributed by atoms with E-state index in [0.29, 0.717) is 6.04 Å². The van der Waals surface area contributed by atoms with Crippen LogP contribution in [-0.2, 0) is 6.42 Å². The Labute approximate surface area is 92.6 Å². The Morgan fingerprint density at radius 1 is 1.40 bits per heavy atom. The van der Waals surface area contributed by atoms with E-state index < -0.39 is 0 Å². The maximum atomic E-state index is 5.35. The third-order valence-corrected chi connectivity index (χ3v) is 2.78. The highest BCUT2D eigenvalue weighted by atomic mass is 16.5. The first-order chi connectivity index (χ1) is 7.17. The van der Waals surface area contributed by atoms with Crippen molar-refractivity contribution in [2.75, 3.05) is 14.2 Å². The highest BCUT2D eigenvalue weighted by Crippen LogP contribution is 2.21. The number of aryl methyl sites for hydroxylation is 2. The minimum absolute atomic E-state index is 0.551. The maximum absolute atomic E-state index is 5.35. The second kappa shape index (κ2) is 5.76. The molecule has 0 saturated carbocycles. The van der Waals surface area contributed by atoms with Gasteiger partial charge in [0.1, 0.15) is 5.75 Å². The molecule has 0 fully saturated rings. The van der Waals surface area contributed by atoms with E-state index in [1.807, 2.05) is 7.05 Å². The van der Waals surface area contributed by atoms with Crippen LogP contribution in [0, 0.1) is 6.92 Å². The Bertz CT molecular complexity index is 309. The van der Waals surface area contributed by atoms with Crippen LogP contribution in [-0.4, -0.2) is 20.2 Å². The minimum atomic E-state index is 0.551. The summed E-state index contributed by atoms with van der Waals surface area (Å²) >= 11 is 0. The predicted molar refractivity (Wildman–Crippen MR) is 64.6 cm³/mol. The first-order valence-corrected chi connectivity index (χ1v) is 5.48. The molecule has 0 saturated heterocycles. The lowest BCUT2D eigenvalue weighted by atomic mass is 10.0. The van der Waals surface area contributed by atoms with Gasteiger partial charge in [0.2, 0.25) is 0 Å². The van der Waals surface area contributed by atoms with E-state index >= 15 is 0 Å². The Morgan fingerprint density at radius 3 is 2.73 bits per heavy atom. The standard InChI is InChI=1S/C13H21NO/c1-10-5-8-13(15-4)12(9-10)7-6-11(2)14-3/h5,8-9,11,14H,6-7H2,1-4H3. The number of hydrogen-bond donors (Lipinski definition) is 1. The first-order valence-electron chi connectivity index (χ1n) is 5.48. The average Bonchev–Trinajstić information content (AvgIpc) is 2.26. The molecule has 1 atom stereocenters. The fourth-order valence-electron chi connectivity index (χ4n) is 1.62. The number of methoxy groups -OCH3 is 1. The van der Waals surface area contributed by atoms with Gasteiger partial charge in [-0.3, -0.25) is 0 Å². The third kappa shape index (κ3) is 3.56. The Morgan fingerprint density at radius 2 is 2.13 bits per heavy atom. The van der Waals surface area contributed by atoms with Crippen molar-refractivity contribution in [3.8, 4) is 5.75 Å². The highest BCUT2D eigenvalue weighted by Gasteiger charge is 2.05. The zero-order valence-corrected chi connectivity index (χ0v) is 10.1. The molecule has 0 aromatic heterocycles. The summed E-state index contributed by atoms with van der Waals surface area (Å²) in [4.78, 5) is 0. The summed E-state index contributed by atoms with van der Waals surface area (Å²) in [6.07, 6.45) is 2.20. The summed E-state index contributed by atoms with van der Waals surface area (Å²) in [5, 5.41) is 3.25. The van der Waals surface area contributed by atoms with Crippen molar-refractivity contribution in [3.63, 3.8) is 0 Å². The molecule has 84 valence electrons. The molecular weight excluding hydrogens is 186 g/mol. The van der Waals surface area contributed by atoms with Crippen molar-refractivity contribution in [2.45, 2.75) is 32.7 Å². The maximum Gasteiger partial charge on any atom is 0.122 e. The molecule has 1 aromatic rings. The van der Waals surface area contributed by atoms with Crippen molar-refractivity contribution in [3.05, 3.63) is 29.3 Å². The van der Waals surface area contributed by atoms with Crippen LogP contribution < -0.4 is 10.1 Å². The monoisotopic (exact) mass is 207 g/mol. The molecule has 0 bridgehead atoms. The van der Waals surface area contributed by atoms with Crippen LogP contribution >= 0.6 is 0 Å². The van der Waals surface area contributed by atoms with Crippen LogP contribution in [0.1, 0.15) is 24.5 Å². The SMILES string of the molecule is CNC(C)CCc1cc(C)ccc1OC. The normalized spacial score (nSPS) is 12.5. The van der Waals surface area contributed by atoms with Crippen LogP contribution in [0.4, 0.5) is 0 Å².